The smallest absolute Gasteiger partial charge is 0.341 e. The molecule has 0 bridgehead atoms. The molecule has 0 radical (unpaired) electrons. The summed E-state index contributed by atoms with van der Waals surface area (Å²) in [5, 5.41) is 11.1. The number of rotatable bonds is 12. The van der Waals surface area contributed by atoms with Crippen LogP contribution in [0, 0.1) is 3.57 Å². The number of hydrogen-bond acceptors (Lipinski definition) is 8. The van der Waals surface area contributed by atoms with Gasteiger partial charge in [-0.3, -0.25) is 19.8 Å². The molecule has 0 aromatic heterocycles. The molecule has 4 amide bonds. The van der Waals surface area contributed by atoms with Crippen LogP contribution in [0.2, 0.25) is 0 Å². The third kappa shape index (κ3) is 6.94. The average Bonchev–Trinajstić information content (AvgIpc) is 2.87. The van der Waals surface area contributed by atoms with Gasteiger partial charge in [-0.25, -0.2) is 9.59 Å². The quantitative estimate of drug-likeness (QED) is 0.203. The van der Waals surface area contributed by atoms with Crippen molar-refractivity contribution < 1.29 is 43.2 Å². The number of carbonyl (C=O) groups is 4. The number of carboxylic acids is 1. The number of aliphatic carboxylic acids is 1. The highest BCUT2D eigenvalue weighted by Crippen LogP contribution is 2.35. The van der Waals surface area contributed by atoms with Gasteiger partial charge in [-0.05, 0) is 77.4 Å². The number of nitrogens with zero attached hydrogens (tertiary/aromatic N) is 1. The van der Waals surface area contributed by atoms with Gasteiger partial charge < -0.3 is 24.1 Å². The zero-order valence-corrected chi connectivity index (χ0v) is 23.2. The van der Waals surface area contributed by atoms with Crippen molar-refractivity contribution in [1.82, 2.24) is 10.2 Å². The highest BCUT2D eigenvalue weighted by atomic mass is 127. The number of methoxy groups -OCH3 is 1. The molecule has 0 aliphatic carbocycles. The van der Waals surface area contributed by atoms with Gasteiger partial charge in [-0.1, -0.05) is 13.0 Å². The first-order valence-corrected chi connectivity index (χ1v) is 12.8. The zero-order chi connectivity index (χ0) is 27.8. The van der Waals surface area contributed by atoms with Gasteiger partial charge in [0.15, 0.2) is 29.6 Å². The first-order valence-electron chi connectivity index (χ1n) is 11.7. The van der Waals surface area contributed by atoms with Crippen LogP contribution in [0.15, 0.2) is 35.9 Å². The zero-order valence-electron chi connectivity index (χ0n) is 21.0. The fraction of sp³-hybridized carbons (Fsp3) is 0.308. The number of amides is 4. The lowest BCUT2D eigenvalue weighted by Gasteiger charge is -2.26. The molecule has 0 saturated carbocycles. The Morgan fingerprint density at radius 1 is 1.05 bits per heavy atom. The Labute approximate surface area is 232 Å². The summed E-state index contributed by atoms with van der Waals surface area (Å²) < 4.78 is 22.5. The van der Waals surface area contributed by atoms with E-state index in [9.17, 15) is 19.2 Å². The lowest BCUT2D eigenvalue weighted by atomic mass is 10.1. The number of barbiturate groups is 1. The van der Waals surface area contributed by atoms with E-state index in [2.05, 4.69) is 5.32 Å². The van der Waals surface area contributed by atoms with Crippen molar-refractivity contribution in [2.75, 3.05) is 26.9 Å². The van der Waals surface area contributed by atoms with E-state index in [-0.39, 0.29) is 30.2 Å². The van der Waals surface area contributed by atoms with Crippen LogP contribution >= 0.6 is 22.6 Å². The molecular weight excluding hydrogens is 611 g/mol. The van der Waals surface area contributed by atoms with Crippen LogP contribution < -0.4 is 24.3 Å². The average molecular weight is 638 g/mol. The minimum Gasteiger partial charge on any atom is -0.493 e. The molecule has 2 aromatic carbocycles. The molecule has 1 fully saturated rings. The number of halogens is 1. The van der Waals surface area contributed by atoms with E-state index >= 15 is 0 Å². The van der Waals surface area contributed by atoms with E-state index in [4.69, 9.17) is 24.1 Å². The van der Waals surface area contributed by atoms with Crippen molar-refractivity contribution in [3.8, 4) is 23.0 Å². The number of carboxylic acid groups (broad SMARTS) is 1. The summed E-state index contributed by atoms with van der Waals surface area (Å²) in [6.07, 6.45) is 2.16. The van der Waals surface area contributed by atoms with Crippen LogP contribution in [0.25, 0.3) is 6.08 Å². The molecule has 1 aliphatic heterocycles. The normalized spacial score (nSPS) is 14.4. The third-order valence-electron chi connectivity index (χ3n) is 5.20. The maximum absolute atomic E-state index is 13.3. The van der Waals surface area contributed by atoms with Crippen LogP contribution in [0.5, 0.6) is 23.0 Å². The second kappa shape index (κ2) is 13.1. The number of urea groups is 1. The summed E-state index contributed by atoms with van der Waals surface area (Å²) in [4.78, 5) is 50.3. The predicted octanol–water partition coefficient (Wildman–Crippen LogP) is 3.61. The number of carbonyl (C=O) groups excluding carboxylic acids is 3. The van der Waals surface area contributed by atoms with Gasteiger partial charge in [0.1, 0.15) is 5.57 Å². The molecule has 0 unspecified atom stereocenters. The first-order chi connectivity index (χ1) is 18.2. The summed E-state index contributed by atoms with van der Waals surface area (Å²) in [5.41, 5.74) is 0.764. The van der Waals surface area contributed by atoms with Crippen LogP contribution in [0.3, 0.4) is 0 Å². The molecule has 0 atom stereocenters. The Bertz CT molecular complexity index is 1280. The van der Waals surface area contributed by atoms with E-state index in [0.29, 0.717) is 32.8 Å². The fourth-order valence-electron chi connectivity index (χ4n) is 3.54. The Hall–Kier alpha value is -3.81. The molecule has 12 heteroatoms. The molecule has 2 N–H and O–H groups in total. The van der Waals surface area contributed by atoms with Crippen molar-refractivity contribution >= 4 is 52.5 Å². The fourth-order valence-corrected chi connectivity index (χ4v) is 4.32. The van der Waals surface area contributed by atoms with Gasteiger partial charge in [0.05, 0.1) is 30.4 Å². The maximum Gasteiger partial charge on any atom is 0.341 e. The summed E-state index contributed by atoms with van der Waals surface area (Å²) in [7, 11) is 1.49. The summed E-state index contributed by atoms with van der Waals surface area (Å²) in [5.74, 6) is -1.28. The third-order valence-corrected chi connectivity index (χ3v) is 6.00. The molecule has 1 saturated heterocycles. The van der Waals surface area contributed by atoms with Gasteiger partial charge in [-0.15, -0.1) is 0 Å². The highest BCUT2D eigenvalue weighted by Gasteiger charge is 2.36. The summed E-state index contributed by atoms with van der Waals surface area (Å²) in [6, 6.07) is 7.36. The van der Waals surface area contributed by atoms with Crippen molar-refractivity contribution in [3.05, 3.63) is 50.6 Å². The molecule has 11 nitrogen and oxygen atoms in total. The van der Waals surface area contributed by atoms with Gasteiger partial charge in [0.25, 0.3) is 11.8 Å². The van der Waals surface area contributed by atoms with Crippen molar-refractivity contribution in [2.45, 2.75) is 26.8 Å². The minimum atomic E-state index is -1.15. The van der Waals surface area contributed by atoms with E-state index < -0.39 is 30.4 Å². The van der Waals surface area contributed by atoms with Crippen LogP contribution in [-0.4, -0.2) is 60.8 Å². The van der Waals surface area contributed by atoms with Gasteiger partial charge in [0, 0.05) is 0 Å². The molecule has 2 aromatic rings. The van der Waals surface area contributed by atoms with Gasteiger partial charge >= 0.3 is 12.0 Å². The minimum absolute atomic E-state index is 0.108. The first kappa shape index (κ1) is 28.8. The Balaban J connectivity index is 1.90. The van der Waals surface area contributed by atoms with E-state index in [1.807, 2.05) is 29.5 Å². The SMILES string of the molecule is CCCOc1ccc(CN2C(=O)NC(=O)/C(=C\c3cc(I)c(OCC(=O)O)c(OCC)c3)C2=O)cc1OC. The molecular formula is C26H27IN2O9. The van der Waals surface area contributed by atoms with Gasteiger partial charge in [-0.2, -0.15) is 0 Å². The summed E-state index contributed by atoms with van der Waals surface area (Å²) >= 11 is 1.94. The highest BCUT2D eigenvalue weighted by molar-refractivity contribution is 14.1. The van der Waals surface area contributed by atoms with Crippen molar-refractivity contribution in [1.29, 1.82) is 0 Å². The van der Waals surface area contributed by atoms with Gasteiger partial charge in [0.2, 0.25) is 0 Å². The molecule has 3 rings (SSSR count). The number of nitrogens with one attached hydrogen (secondary N) is 1. The molecule has 1 aliphatic rings. The van der Waals surface area contributed by atoms with Crippen molar-refractivity contribution in [3.63, 3.8) is 0 Å². The number of hydrogen-bond donors (Lipinski definition) is 2. The van der Waals surface area contributed by atoms with Crippen molar-refractivity contribution in [2.24, 2.45) is 0 Å². The number of benzene rings is 2. The lowest BCUT2D eigenvalue weighted by Crippen LogP contribution is -2.53. The second-order valence-corrected chi connectivity index (χ2v) is 9.15. The Morgan fingerprint density at radius 2 is 1.82 bits per heavy atom. The van der Waals surface area contributed by atoms with E-state index in [1.54, 1.807) is 31.2 Å². The Morgan fingerprint density at radius 3 is 2.47 bits per heavy atom. The summed E-state index contributed by atoms with van der Waals surface area (Å²) in [6.45, 7) is 3.84. The molecule has 0 spiro atoms. The van der Waals surface area contributed by atoms with Crippen LogP contribution in [0.4, 0.5) is 4.79 Å². The van der Waals surface area contributed by atoms with Crippen LogP contribution in [-0.2, 0) is 20.9 Å². The molecule has 202 valence electrons. The predicted molar refractivity (Wildman–Crippen MR) is 144 cm³/mol. The lowest BCUT2D eigenvalue weighted by molar-refractivity contribution is -0.139. The molecule has 38 heavy (non-hydrogen) atoms. The van der Waals surface area contributed by atoms with E-state index in [0.717, 1.165) is 11.3 Å². The maximum atomic E-state index is 13.3. The van der Waals surface area contributed by atoms with Crippen LogP contribution in [0.1, 0.15) is 31.4 Å². The van der Waals surface area contributed by atoms with E-state index in [1.165, 1.54) is 19.3 Å². The number of ether oxygens (including phenoxy) is 4. The second-order valence-electron chi connectivity index (χ2n) is 7.99. The number of imide groups is 2. The monoisotopic (exact) mass is 638 g/mol. The molecule has 1 heterocycles. The topological polar surface area (TPSA) is 141 Å². The Kier molecular flexibility index (Phi) is 9.93. The largest absolute Gasteiger partial charge is 0.493 e. The standard InChI is InChI=1S/C26H27IN2O9/c1-4-8-37-19-7-6-15(11-20(19)35-3)13-29-25(33)17(24(32)28-26(29)34)9-16-10-18(27)23(38-14-22(30)31)21(12-16)36-5-2/h6-7,9-12H,4-5,8,13-14H2,1-3H3,(H,30,31)(H,28,32,34)/b17-9+.